The zero-order valence-corrected chi connectivity index (χ0v) is 9.03. The molecule has 0 amide bonds. The maximum atomic E-state index is 3.57. The van der Waals surface area contributed by atoms with E-state index in [9.17, 15) is 0 Å². The molecular formula is C15H13N. The van der Waals surface area contributed by atoms with E-state index in [1.807, 2.05) is 0 Å². The van der Waals surface area contributed by atoms with Gasteiger partial charge in [0.1, 0.15) is 0 Å². The Morgan fingerprint density at radius 1 is 0.875 bits per heavy atom. The van der Waals surface area contributed by atoms with Gasteiger partial charge in [0.15, 0.2) is 0 Å². The summed E-state index contributed by atoms with van der Waals surface area (Å²) in [4.78, 5) is 3.57. The number of hydrogen-bond donors (Lipinski definition) is 1. The summed E-state index contributed by atoms with van der Waals surface area (Å²) < 4.78 is 0. The third-order valence-corrected chi connectivity index (χ3v) is 3.59. The molecule has 1 aromatic heterocycles. The molecule has 0 aliphatic heterocycles. The first-order valence-electron chi connectivity index (χ1n) is 5.93. The molecule has 0 saturated heterocycles. The van der Waals surface area contributed by atoms with Gasteiger partial charge in [0.2, 0.25) is 0 Å². The lowest BCUT2D eigenvalue weighted by atomic mass is 10.1. The molecule has 2 aromatic carbocycles. The van der Waals surface area contributed by atoms with Crippen molar-refractivity contribution in [2.45, 2.75) is 18.8 Å². The van der Waals surface area contributed by atoms with E-state index in [0.29, 0.717) is 0 Å². The van der Waals surface area contributed by atoms with Crippen LogP contribution in [-0.4, -0.2) is 4.98 Å². The number of para-hydroxylation sites is 2. The van der Waals surface area contributed by atoms with Crippen LogP contribution in [0.3, 0.4) is 0 Å². The first-order valence-corrected chi connectivity index (χ1v) is 5.93. The zero-order valence-electron chi connectivity index (χ0n) is 9.03. The molecule has 0 spiro atoms. The Balaban J connectivity index is 2.18. The number of fused-ring (bicyclic) bond motifs is 3. The molecule has 0 atom stereocenters. The molecule has 0 unspecified atom stereocenters. The van der Waals surface area contributed by atoms with Crippen molar-refractivity contribution in [3.63, 3.8) is 0 Å². The average Bonchev–Trinajstić information content (AvgIpc) is 3.09. The van der Waals surface area contributed by atoms with Crippen molar-refractivity contribution >= 4 is 21.8 Å². The number of aromatic nitrogens is 1. The van der Waals surface area contributed by atoms with Crippen molar-refractivity contribution in [1.29, 1.82) is 0 Å². The normalized spacial score (nSPS) is 16.0. The van der Waals surface area contributed by atoms with Crippen LogP contribution in [0.5, 0.6) is 0 Å². The molecule has 1 saturated carbocycles. The van der Waals surface area contributed by atoms with Gasteiger partial charge in [-0.3, -0.25) is 0 Å². The molecule has 1 N–H and O–H groups in total. The quantitative estimate of drug-likeness (QED) is 0.615. The molecule has 1 heterocycles. The van der Waals surface area contributed by atoms with E-state index in [1.165, 1.54) is 40.2 Å². The van der Waals surface area contributed by atoms with Crippen LogP contribution in [-0.2, 0) is 0 Å². The Bertz CT molecular complexity index is 674. The van der Waals surface area contributed by atoms with Crippen molar-refractivity contribution in [3.05, 3.63) is 48.0 Å². The number of H-pyrrole nitrogens is 1. The van der Waals surface area contributed by atoms with Crippen LogP contribution in [0.4, 0.5) is 0 Å². The SMILES string of the molecule is c1ccc2c(c1)[nH]c1c(C3CC3)cccc12. The van der Waals surface area contributed by atoms with Crippen LogP contribution >= 0.6 is 0 Å². The van der Waals surface area contributed by atoms with Crippen LogP contribution in [0, 0.1) is 0 Å². The molecule has 3 aromatic rings. The molecule has 1 fully saturated rings. The third-order valence-electron chi connectivity index (χ3n) is 3.59. The summed E-state index contributed by atoms with van der Waals surface area (Å²) in [6.45, 7) is 0. The predicted octanol–water partition coefficient (Wildman–Crippen LogP) is 4.20. The minimum absolute atomic E-state index is 0.803. The summed E-state index contributed by atoms with van der Waals surface area (Å²) in [6.07, 6.45) is 2.71. The van der Waals surface area contributed by atoms with E-state index in [4.69, 9.17) is 0 Å². The highest BCUT2D eigenvalue weighted by Crippen LogP contribution is 2.43. The second-order valence-corrected chi connectivity index (χ2v) is 4.71. The molecule has 1 aliphatic rings. The van der Waals surface area contributed by atoms with Crippen molar-refractivity contribution in [2.75, 3.05) is 0 Å². The van der Waals surface area contributed by atoms with Gasteiger partial charge in [-0.2, -0.15) is 0 Å². The van der Waals surface area contributed by atoms with E-state index < -0.39 is 0 Å². The maximum Gasteiger partial charge on any atom is 0.0500 e. The fourth-order valence-electron chi connectivity index (χ4n) is 2.63. The summed E-state index contributed by atoms with van der Waals surface area (Å²) in [7, 11) is 0. The molecule has 1 heteroatoms. The second kappa shape index (κ2) is 2.88. The molecule has 4 rings (SSSR count). The van der Waals surface area contributed by atoms with Crippen LogP contribution in [0.15, 0.2) is 42.5 Å². The fraction of sp³-hybridized carbons (Fsp3) is 0.200. The molecule has 0 bridgehead atoms. The van der Waals surface area contributed by atoms with Gasteiger partial charge in [-0.1, -0.05) is 36.4 Å². The third kappa shape index (κ3) is 1.06. The fourth-order valence-corrected chi connectivity index (χ4v) is 2.63. The average molecular weight is 207 g/mol. The molecule has 16 heavy (non-hydrogen) atoms. The summed E-state index contributed by atoms with van der Waals surface area (Å²) in [5.74, 6) is 0.803. The first-order chi connectivity index (χ1) is 7.93. The lowest BCUT2D eigenvalue weighted by Gasteiger charge is -1.99. The van der Waals surface area contributed by atoms with Crippen molar-refractivity contribution in [1.82, 2.24) is 4.98 Å². The molecule has 1 nitrogen and oxygen atoms in total. The van der Waals surface area contributed by atoms with Crippen LogP contribution in [0.2, 0.25) is 0 Å². The highest BCUT2D eigenvalue weighted by atomic mass is 14.7. The monoisotopic (exact) mass is 207 g/mol. The summed E-state index contributed by atoms with van der Waals surface area (Å²) in [6, 6.07) is 15.2. The molecule has 1 aliphatic carbocycles. The van der Waals surface area contributed by atoms with E-state index in [-0.39, 0.29) is 0 Å². The predicted molar refractivity (Wildman–Crippen MR) is 67.8 cm³/mol. The number of benzene rings is 2. The van der Waals surface area contributed by atoms with Gasteiger partial charge >= 0.3 is 0 Å². The molecular weight excluding hydrogens is 194 g/mol. The highest BCUT2D eigenvalue weighted by molar-refractivity contribution is 6.08. The first kappa shape index (κ1) is 8.40. The van der Waals surface area contributed by atoms with Gasteiger partial charge in [0.05, 0.1) is 0 Å². The van der Waals surface area contributed by atoms with Gasteiger partial charge in [-0.05, 0) is 30.4 Å². The molecule has 78 valence electrons. The highest BCUT2D eigenvalue weighted by Gasteiger charge is 2.25. The summed E-state index contributed by atoms with van der Waals surface area (Å²) in [5, 5.41) is 2.72. The number of rotatable bonds is 1. The van der Waals surface area contributed by atoms with Crippen LogP contribution < -0.4 is 0 Å². The van der Waals surface area contributed by atoms with E-state index in [1.54, 1.807) is 0 Å². The van der Waals surface area contributed by atoms with Gasteiger partial charge < -0.3 is 4.98 Å². The molecule has 0 radical (unpaired) electrons. The minimum atomic E-state index is 0.803. The van der Waals surface area contributed by atoms with Gasteiger partial charge in [0.25, 0.3) is 0 Å². The van der Waals surface area contributed by atoms with Gasteiger partial charge in [-0.25, -0.2) is 0 Å². The Morgan fingerprint density at radius 3 is 2.56 bits per heavy atom. The Hall–Kier alpha value is -1.76. The van der Waals surface area contributed by atoms with Crippen LogP contribution in [0.25, 0.3) is 21.8 Å². The standard InChI is InChI=1S/C15H13N/c1-2-7-14-12(4-1)13-6-3-5-11(10-8-9-10)15(13)16-14/h1-7,10,16H,8-9H2. The topological polar surface area (TPSA) is 15.8 Å². The largest absolute Gasteiger partial charge is 0.354 e. The number of nitrogens with one attached hydrogen (secondary N) is 1. The lowest BCUT2D eigenvalue weighted by Crippen LogP contribution is -1.80. The number of hydrogen-bond acceptors (Lipinski definition) is 0. The van der Waals surface area contributed by atoms with Gasteiger partial charge in [0, 0.05) is 21.8 Å². The summed E-state index contributed by atoms with van der Waals surface area (Å²) in [5.41, 5.74) is 4.12. The van der Waals surface area contributed by atoms with E-state index in [0.717, 1.165) is 5.92 Å². The Labute approximate surface area is 94.1 Å². The summed E-state index contributed by atoms with van der Waals surface area (Å²) >= 11 is 0. The number of aromatic amines is 1. The van der Waals surface area contributed by atoms with E-state index in [2.05, 4.69) is 47.4 Å². The Kier molecular flexibility index (Phi) is 1.51. The second-order valence-electron chi connectivity index (χ2n) is 4.71. The van der Waals surface area contributed by atoms with Crippen molar-refractivity contribution < 1.29 is 0 Å². The van der Waals surface area contributed by atoms with Gasteiger partial charge in [-0.15, -0.1) is 0 Å². The Morgan fingerprint density at radius 2 is 1.69 bits per heavy atom. The van der Waals surface area contributed by atoms with E-state index >= 15 is 0 Å². The lowest BCUT2D eigenvalue weighted by molar-refractivity contribution is 1.14. The minimum Gasteiger partial charge on any atom is -0.354 e. The van der Waals surface area contributed by atoms with Crippen LogP contribution in [0.1, 0.15) is 24.3 Å². The maximum absolute atomic E-state index is 3.57. The zero-order chi connectivity index (χ0) is 10.5. The van der Waals surface area contributed by atoms with Crippen molar-refractivity contribution in [2.24, 2.45) is 0 Å². The smallest absolute Gasteiger partial charge is 0.0500 e. The van der Waals surface area contributed by atoms with Crippen molar-refractivity contribution in [3.8, 4) is 0 Å².